The van der Waals surface area contributed by atoms with E-state index >= 15 is 0 Å². The molecular weight excluding hydrogens is 158 g/mol. The Hall–Kier alpha value is -0.560. The van der Waals surface area contributed by atoms with E-state index in [2.05, 4.69) is 31.9 Å². The van der Waals surface area contributed by atoms with Crippen molar-refractivity contribution >= 4 is 0 Å². The molecule has 2 heterocycles. The Morgan fingerprint density at radius 3 is 1.92 bits per heavy atom. The van der Waals surface area contributed by atoms with E-state index in [1.54, 1.807) is 0 Å². The molecule has 13 heavy (non-hydrogen) atoms. The standard InChI is InChI=1S/C12H19N/c1-9(2)12-5-10(3)7-13(12)8-11(4)6-12/h9H,3-8H2,1-2H3. The van der Waals surface area contributed by atoms with Gasteiger partial charge in [-0.2, -0.15) is 0 Å². The Kier molecular flexibility index (Phi) is 1.88. The molecule has 0 aliphatic carbocycles. The zero-order chi connectivity index (χ0) is 9.64. The topological polar surface area (TPSA) is 3.24 Å². The zero-order valence-electron chi connectivity index (χ0n) is 8.77. The van der Waals surface area contributed by atoms with Gasteiger partial charge in [-0.3, -0.25) is 4.90 Å². The van der Waals surface area contributed by atoms with Gasteiger partial charge in [-0.15, -0.1) is 0 Å². The lowest BCUT2D eigenvalue weighted by atomic mass is 9.81. The summed E-state index contributed by atoms with van der Waals surface area (Å²) in [6.07, 6.45) is 2.37. The van der Waals surface area contributed by atoms with Crippen LogP contribution in [0.5, 0.6) is 0 Å². The first-order chi connectivity index (χ1) is 6.04. The van der Waals surface area contributed by atoms with Crippen LogP contribution >= 0.6 is 0 Å². The molecule has 0 N–H and O–H groups in total. The second kappa shape index (κ2) is 2.71. The normalized spacial score (nSPS) is 27.3. The van der Waals surface area contributed by atoms with Crippen LogP contribution in [0.25, 0.3) is 0 Å². The van der Waals surface area contributed by atoms with Gasteiger partial charge in [0.05, 0.1) is 0 Å². The Balaban J connectivity index is 2.31. The van der Waals surface area contributed by atoms with Gasteiger partial charge in [0.25, 0.3) is 0 Å². The molecule has 2 saturated heterocycles. The quantitative estimate of drug-likeness (QED) is 0.556. The van der Waals surface area contributed by atoms with Gasteiger partial charge >= 0.3 is 0 Å². The van der Waals surface area contributed by atoms with Crippen molar-refractivity contribution in [2.75, 3.05) is 13.1 Å². The van der Waals surface area contributed by atoms with Crippen LogP contribution in [-0.4, -0.2) is 23.5 Å². The summed E-state index contributed by atoms with van der Waals surface area (Å²) in [7, 11) is 0. The third-order valence-corrected chi connectivity index (χ3v) is 3.65. The van der Waals surface area contributed by atoms with Gasteiger partial charge in [-0.25, -0.2) is 0 Å². The lowest BCUT2D eigenvalue weighted by Crippen LogP contribution is -2.42. The maximum Gasteiger partial charge on any atom is 0.0314 e. The van der Waals surface area contributed by atoms with Gasteiger partial charge in [0.2, 0.25) is 0 Å². The average molecular weight is 177 g/mol. The van der Waals surface area contributed by atoms with Crippen LogP contribution in [0.2, 0.25) is 0 Å². The van der Waals surface area contributed by atoms with Crippen molar-refractivity contribution in [2.24, 2.45) is 5.92 Å². The van der Waals surface area contributed by atoms with Crippen molar-refractivity contribution in [1.29, 1.82) is 0 Å². The summed E-state index contributed by atoms with van der Waals surface area (Å²) in [4.78, 5) is 2.57. The van der Waals surface area contributed by atoms with Crippen LogP contribution in [-0.2, 0) is 0 Å². The summed E-state index contributed by atoms with van der Waals surface area (Å²) < 4.78 is 0. The highest BCUT2D eigenvalue weighted by Gasteiger charge is 2.48. The number of fused-ring (bicyclic) bond motifs is 1. The molecule has 2 fully saturated rings. The molecule has 0 unspecified atom stereocenters. The number of hydrogen-bond acceptors (Lipinski definition) is 1. The minimum Gasteiger partial charge on any atom is -0.289 e. The highest BCUT2D eigenvalue weighted by molar-refractivity contribution is 5.26. The Morgan fingerprint density at radius 1 is 1.15 bits per heavy atom. The highest BCUT2D eigenvalue weighted by atomic mass is 15.2. The van der Waals surface area contributed by atoms with E-state index in [1.807, 2.05) is 0 Å². The minimum absolute atomic E-state index is 0.383. The third-order valence-electron chi connectivity index (χ3n) is 3.65. The highest BCUT2D eigenvalue weighted by Crippen LogP contribution is 2.46. The van der Waals surface area contributed by atoms with E-state index in [1.165, 1.54) is 24.0 Å². The van der Waals surface area contributed by atoms with E-state index in [0.29, 0.717) is 11.5 Å². The molecule has 1 heteroatoms. The van der Waals surface area contributed by atoms with Crippen molar-refractivity contribution in [1.82, 2.24) is 4.90 Å². The molecule has 2 aliphatic heterocycles. The van der Waals surface area contributed by atoms with Gasteiger partial charge in [0.15, 0.2) is 0 Å². The molecule has 1 nitrogen and oxygen atoms in total. The summed E-state index contributed by atoms with van der Waals surface area (Å²) in [6.45, 7) is 15.1. The predicted octanol–water partition coefficient (Wildman–Crippen LogP) is 2.60. The predicted molar refractivity (Wildman–Crippen MR) is 56.7 cm³/mol. The molecule has 2 rings (SSSR count). The lowest BCUT2D eigenvalue weighted by Gasteiger charge is -2.35. The third kappa shape index (κ3) is 1.18. The van der Waals surface area contributed by atoms with Crippen LogP contribution in [0.15, 0.2) is 24.3 Å². The summed E-state index contributed by atoms with van der Waals surface area (Å²) in [6, 6.07) is 0. The summed E-state index contributed by atoms with van der Waals surface area (Å²) in [5, 5.41) is 0. The molecule has 0 aromatic heterocycles. The SMILES string of the molecule is C=C1CN2CC(=C)CC2(C(C)C)C1. The van der Waals surface area contributed by atoms with Crippen LogP contribution < -0.4 is 0 Å². The van der Waals surface area contributed by atoms with E-state index in [4.69, 9.17) is 0 Å². The fraction of sp³-hybridized carbons (Fsp3) is 0.667. The van der Waals surface area contributed by atoms with E-state index < -0.39 is 0 Å². The molecular formula is C12H19N. The molecule has 0 bridgehead atoms. The first-order valence-electron chi connectivity index (χ1n) is 5.13. The maximum absolute atomic E-state index is 4.12. The largest absolute Gasteiger partial charge is 0.289 e. The number of rotatable bonds is 1. The first-order valence-corrected chi connectivity index (χ1v) is 5.13. The summed E-state index contributed by atoms with van der Waals surface area (Å²) in [5.74, 6) is 0.714. The van der Waals surface area contributed by atoms with Gasteiger partial charge in [-0.1, -0.05) is 38.2 Å². The molecule has 0 atom stereocenters. The second-order valence-electron chi connectivity index (χ2n) is 4.97. The Morgan fingerprint density at radius 2 is 1.62 bits per heavy atom. The van der Waals surface area contributed by atoms with Gasteiger partial charge in [0.1, 0.15) is 0 Å². The molecule has 0 amide bonds. The van der Waals surface area contributed by atoms with E-state index in [-0.39, 0.29) is 0 Å². The first kappa shape index (κ1) is 9.01. The monoisotopic (exact) mass is 177 g/mol. The van der Waals surface area contributed by atoms with Crippen LogP contribution in [0.4, 0.5) is 0 Å². The average Bonchev–Trinajstić information content (AvgIpc) is 2.40. The smallest absolute Gasteiger partial charge is 0.0314 e. The number of nitrogens with zero attached hydrogens (tertiary/aromatic N) is 1. The molecule has 0 radical (unpaired) electrons. The molecule has 0 aromatic rings. The van der Waals surface area contributed by atoms with E-state index in [0.717, 1.165) is 13.1 Å². The van der Waals surface area contributed by atoms with Crippen LogP contribution in [0.1, 0.15) is 26.7 Å². The lowest BCUT2D eigenvalue weighted by molar-refractivity contribution is 0.136. The van der Waals surface area contributed by atoms with Crippen molar-refractivity contribution < 1.29 is 0 Å². The van der Waals surface area contributed by atoms with Gasteiger partial charge in [0, 0.05) is 18.6 Å². The molecule has 72 valence electrons. The minimum atomic E-state index is 0.383. The van der Waals surface area contributed by atoms with Crippen LogP contribution in [0.3, 0.4) is 0 Å². The van der Waals surface area contributed by atoms with E-state index in [9.17, 15) is 0 Å². The van der Waals surface area contributed by atoms with Gasteiger partial charge < -0.3 is 0 Å². The van der Waals surface area contributed by atoms with Crippen molar-refractivity contribution in [3.63, 3.8) is 0 Å². The fourth-order valence-corrected chi connectivity index (χ4v) is 2.95. The molecule has 2 aliphatic rings. The van der Waals surface area contributed by atoms with Crippen molar-refractivity contribution in [3.8, 4) is 0 Å². The van der Waals surface area contributed by atoms with Crippen molar-refractivity contribution in [2.45, 2.75) is 32.2 Å². The van der Waals surface area contributed by atoms with Crippen molar-refractivity contribution in [3.05, 3.63) is 24.3 Å². The fourth-order valence-electron chi connectivity index (χ4n) is 2.95. The number of hydrogen-bond donors (Lipinski definition) is 0. The molecule has 0 saturated carbocycles. The van der Waals surface area contributed by atoms with Gasteiger partial charge in [-0.05, 0) is 18.8 Å². The van der Waals surface area contributed by atoms with Crippen LogP contribution in [0, 0.1) is 5.92 Å². The zero-order valence-corrected chi connectivity index (χ0v) is 8.77. The summed E-state index contributed by atoms with van der Waals surface area (Å²) >= 11 is 0. The maximum atomic E-state index is 4.12. The Bertz CT molecular complexity index is 242. The molecule has 0 spiro atoms. The summed E-state index contributed by atoms with van der Waals surface area (Å²) in [5.41, 5.74) is 3.19. The molecule has 0 aromatic carbocycles. The Labute approximate surface area is 81.1 Å². The second-order valence-corrected chi connectivity index (χ2v) is 4.97.